The van der Waals surface area contributed by atoms with E-state index in [4.69, 9.17) is 0 Å². The number of pyridine rings is 1. The highest BCUT2D eigenvalue weighted by Gasteiger charge is 2.31. The molecule has 0 spiro atoms. The molecule has 0 radical (unpaired) electrons. The molecule has 0 aliphatic carbocycles. The van der Waals surface area contributed by atoms with Crippen LogP contribution in [0.5, 0.6) is 0 Å². The number of nitrogens with zero attached hydrogens (tertiary/aromatic N) is 4. The first-order chi connectivity index (χ1) is 12.1. The molecule has 2 aliphatic rings. The molecule has 1 amide bonds. The lowest BCUT2D eigenvalue weighted by atomic mass is 10.0. The lowest BCUT2D eigenvalue weighted by molar-refractivity contribution is -0.130. The van der Waals surface area contributed by atoms with Crippen LogP contribution < -0.4 is 5.56 Å². The topological polar surface area (TPSA) is 57.9 Å². The van der Waals surface area contributed by atoms with Crippen LogP contribution in [0, 0.1) is 6.92 Å². The van der Waals surface area contributed by atoms with Crippen LogP contribution in [0.4, 0.5) is 0 Å². The largest absolute Gasteiger partial charge is 0.338 e. The third-order valence-electron chi connectivity index (χ3n) is 5.29. The molecule has 0 saturated carbocycles. The van der Waals surface area contributed by atoms with E-state index >= 15 is 0 Å². The van der Waals surface area contributed by atoms with Gasteiger partial charge in [0.25, 0.3) is 5.56 Å². The van der Waals surface area contributed by atoms with Crippen LogP contribution in [-0.4, -0.2) is 50.8 Å². The number of likely N-dealkylation sites (tertiary alicyclic amines) is 2. The quantitative estimate of drug-likeness (QED) is 0.851. The molecular formula is C19H24N4O2. The molecule has 132 valence electrons. The van der Waals surface area contributed by atoms with Gasteiger partial charge >= 0.3 is 0 Å². The van der Waals surface area contributed by atoms with Crippen LogP contribution in [0.2, 0.25) is 0 Å². The first kappa shape index (κ1) is 16.3. The Kier molecular flexibility index (Phi) is 4.29. The van der Waals surface area contributed by atoms with Crippen LogP contribution in [0.25, 0.3) is 5.65 Å². The van der Waals surface area contributed by atoms with Crippen LogP contribution in [0.1, 0.15) is 36.9 Å². The molecule has 25 heavy (non-hydrogen) atoms. The summed E-state index contributed by atoms with van der Waals surface area (Å²) in [6.45, 7) is 5.43. The summed E-state index contributed by atoms with van der Waals surface area (Å²) in [5, 5.41) is 0. The number of carbonyl (C=O) groups excluding carboxylic acids is 1. The van der Waals surface area contributed by atoms with Crippen LogP contribution in [-0.2, 0) is 11.3 Å². The van der Waals surface area contributed by atoms with Crippen molar-refractivity contribution in [1.82, 2.24) is 19.2 Å². The summed E-state index contributed by atoms with van der Waals surface area (Å²) < 4.78 is 1.58. The van der Waals surface area contributed by atoms with Gasteiger partial charge in [0.2, 0.25) is 5.91 Å². The van der Waals surface area contributed by atoms with E-state index in [-0.39, 0.29) is 5.56 Å². The minimum absolute atomic E-state index is 0.0386. The highest BCUT2D eigenvalue weighted by atomic mass is 16.2. The molecule has 0 N–H and O–H groups in total. The van der Waals surface area contributed by atoms with Gasteiger partial charge in [0.15, 0.2) is 0 Å². The fraction of sp³-hybridized carbons (Fsp3) is 0.526. The third kappa shape index (κ3) is 3.31. The maximum Gasteiger partial charge on any atom is 0.258 e. The number of rotatable bonds is 3. The second-order valence-electron chi connectivity index (χ2n) is 7.24. The van der Waals surface area contributed by atoms with E-state index in [1.807, 2.05) is 19.1 Å². The van der Waals surface area contributed by atoms with Crippen molar-refractivity contribution in [3.8, 4) is 0 Å². The van der Waals surface area contributed by atoms with E-state index in [1.165, 1.54) is 0 Å². The van der Waals surface area contributed by atoms with Gasteiger partial charge in [0.1, 0.15) is 5.65 Å². The number of hydrogen-bond donors (Lipinski definition) is 0. The molecule has 2 saturated heterocycles. The van der Waals surface area contributed by atoms with Gasteiger partial charge in [-0.1, -0.05) is 0 Å². The van der Waals surface area contributed by atoms with Crippen molar-refractivity contribution < 1.29 is 4.79 Å². The van der Waals surface area contributed by atoms with Crippen LogP contribution in [0.15, 0.2) is 29.2 Å². The van der Waals surface area contributed by atoms with E-state index < -0.39 is 0 Å². The molecule has 4 heterocycles. The zero-order valence-electron chi connectivity index (χ0n) is 14.6. The van der Waals surface area contributed by atoms with Crippen LogP contribution >= 0.6 is 0 Å². The van der Waals surface area contributed by atoms with E-state index in [1.54, 1.807) is 16.7 Å². The number of hydrogen-bond acceptors (Lipinski definition) is 4. The summed E-state index contributed by atoms with van der Waals surface area (Å²) in [5.41, 5.74) is 2.56. The molecule has 6 nitrogen and oxygen atoms in total. The van der Waals surface area contributed by atoms with Crippen molar-refractivity contribution in [1.29, 1.82) is 0 Å². The van der Waals surface area contributed by atoms with Gasteiger partial charge in [-0.3, -0.25) is 18.9 Å². The molecular weight excluding hydrogens is 316 g/mol. The minimum atomic E-state index is -0.0386. The Morgan fingerprint density at radius 1 is 1.20 bits per heavy atom. The predicted molar refractivity (Wildman–Crippen MR) is 95.4 cm³/mol. The third-order valence-corrected chi connectivity index (χ3v) is 5.29. The van der Waals surface area contributed by atoms with Crippen molar-refractivity contribution in [2.75, 3.05) is 19.6 Å². The maximum atomic E-state index is 12.3. The summed E-state index contributed by atoms with van der Waals surface area (Å²) in [6.07, 6.45) is 5.62. The van der Waals surface area contributed by atoms with Gasteiger partial charge in [-0.2, -0.15) is 0 Å². The first-order valence-corrected chi connectivity index (χ1v) is 9.11. The molecule has 0 unspecified atom stereocenters. The highest BCUT2D eigenvalue weighted by molar-refractivity contribution is 5.78. The fourth-order valence-electron chi connectivity index (χ4n) is 4.05. The molecule has 2 aromatic heterocycles. The first-order valence-electron chi connectivity index (χ1n) is 9.11. The van der Waals surface area contributed by atoms with Gasteiger partial charge < -0.3 is 4.90 Å². The molecule has 4 rings (SSSR count). The molecule has 6 heteroatoms. The normalized spacial score (nSPS) is 22.0. The lowest BCUT2D eigenvalue weighted by Gasteiger charge is -2.37. The zero-order chi connectivity index (χ0) is 17.4. The van der Waals surface area contributed by atoms with Gasteiger partial charge in [-0.15, -0.1) is 0 Å². The van der Waals surface area contributed by atoms with Gasteiger partial charge in [0.05, 0.1) is 5.69 Å². The Hall–Kier alpha value is -2.21. The number of aromatic nitrogens is 2. The minimum Gasteiger partial charge on any atom is -0.338 e. The van der Waals surface area contributed by atoms with Crippen molar-refractivity contribution >= 4 is 11.6 Å². The van der Waals surface area contributed by atoms with Crippen molar-refractivity contribution in [3.63, 3.8) is 0 Å². The maximum absolute atomic E-state index is 12.3. The van der Waals surface area contributed by atoms with E-state index in [0.29, 0.717) is 30.6 Å². The monoisotopic (exact) mass is 340 g/mol. The van der Waals surface area contributed by atoms with E-state index in [2.05, 4.69) is 14.8 Å². The highest BCUT2D eigenvalue weighted by Crippen LogP contribution is 2.22. The molecule has 1 atom stereocenters. The Balaban J connectivity index is 1.52. The van der Waals surface area contributed by atoms with Gasteiger partial charge in [-0.25, -0.2) is 4.98 Å². The summed E-state index contributed by atoms with van der Waals surface area (Å²) in [4.78, 5) is 33.4. The Morgan fingerprint density at radius 3 is 2.88 bits per heavy atom. The zero-order valence-corrected chi connectivity index (χ0v) is 14.6. The Bertz CT molecular complexity index is 860. The van der Waals surface area contributed by atoms with Gasteiger partial charge in [-0.05, 0) is 50.4 Å². The molecule has 0 aromatic carbocycles. The average Bonchev–Trinajstić information content (AvgIpc) is 3.01. The molecule has 2 aliphatic heterocycles. The second-order valence-corrected chi connectivity index (χ2v) is 7.24. The lowest BCUT2D eigenvalue weighted by Crippen LogP contribution is -2.48. The number of piperidine rings is 1. The number of aryl methyl sites for hydroxylation is 1. The second kappa shape index (κ2) is 6.59. The molecule has 0 bridgehead atoms. The smallest absolute Gasteiger partial charge is 0.258 e. The van der Waals surface area contributed by atoms with E-state index in [0.717, 1.165) is 50.2 Å². The standard InChI is InChI=1S/C19H24N4O2/c1-14-6-9-23-17(10-14)20-15(11-19(23)25)12-21-7-2-4-16(13-21)22-8-3-5-18(22)24/h6,9-11,16H,2-5,7-8,12-13H2,1H3/t16-/m1/s1. The SMILES string of the molecule is Cc1ccn2c(=O)cc(CN3CCC[C@@H](N4CCCC4=O)C3)nc2c1. The predicted octanol–water partition coefficient (Wildman–Crippen LogP) is 1.59. The number of carbonyl (C=O) groups is 1. The number of amides is 1. The summed E-state index contributed by atoms with van der Waals surface area (Å²) in [7, 11) is 0. The molecule has 2 aromatic rings. The number of fused-ring (bicyclic) bond motifs is 1. The summed E-state index contributed by atoms with van der Waals surface area (Å²) in [6, 6.07) is 5.80. The Labute approximate surface area is 147 Å². The van der Waals surface area contributed by atoms with Gasteiger partial charge in [0, 0.05) is 44.4 Å². The fourth-order valence-corrected chi connectivity index (χ4v) is 4.05. The Morgan fingerprint density at radius 2 is 2.08 bits per heavy atom. The average molecular weight is 340 g/mol. The van der Waals surface area contributed by atoms with Crippen molar-refractivity contribution in [3.05, 3.63) is 46.0 Å². The van der Waals surface area contributed by atoms with Crippen LogP contribution in [0.3, 0.4) is 0 Å². The summed E-state index contributed by atoms with van der Waals surface area (Å²) in [5.74, 6) is 0.296. The van der Waals surface area contributed by atoms with Crippen molar-refractivity contribution in [2.45, 2.75) is 45.2 Å². The molecule has 2 fully saturated rings. The summed E-state index contributed by atoms with van der Waals surface area (Å²) >= 11 is 0. The van der Waals surface area contributed by atoms with Crippen molar-refractivity contribution in [2.24, 2.45) is 0 Å². The van der Waals surface area contributed by atoms with E-state index in [9.17, 15) is 9.59 Å².